The van der Waals surface area contributed by atoms with E-state index in [4.69, 9.17) is 4.74 Å². The number of hydrogen-bond donors (Lipinski definition) is 0. The van der Waals surface area contributed by atoms with Crippen molar-refractivity contribution >= 4 is 0 Å². The summed E-state index contributed by atoms with van der Waals surface area (Å²) in [5.74, 6) is 0.809. The summed E-state index contributed by atoms with van der Waals surface area (Å²) < 4.78 is 7.42. The van der Waals surface area contributed by atoms with Gasteiger partial charge in [-0.15, -0.1) is 0 Å². The Morgan fingerprint density at radius 1 is 1.15 bits per heavy atom. The second-order valence-electron chi connectivity index (χ2n) is 7.06. The van der Waals surface area contributed by atoms with Crippen LogP contribution in [0.5, 0.6) is 0 Å². The second-order valence-corrected chi connectivity index (χ2v) is 7.06. The van der Waals surface area contributed by atoms with E-state index < -0.39 is 0 Å². The largest absolute Gasteiger partial charge is 0.385 e. The smallest absolute Gasteiger partial charge is 0.0945 e. The SMILES string of the molecule is COCC[C@H](CCCCCn1ccnc1)CC(C)(C)C. The fourth-order valence-corrected chi connectivity index (χ4v) is 2.82. The highest BCUT2D eigenvalue weighted by Gasteiger charge is 2.18. The highest BCUT2D eigenvalue weighted by molar-refractivity contribution is 4.74. The van der Waals surface area contributed by atoms with Crippen molar-refractivity contribution in [3.05, 3.63) is 18.7 Å². The number of methoxy groups -OCH3 is 1. The van der Waals surface area contributed by atoms with E-state index in [9.17, 15) is 0 Å². The van der Waals surface area contributed by atoms with E-state index in [0.29, 0.717) is 5.41 Å². The van der Waals surface area contributed by atoms with Crippen molar-refractivity contribution in [1.29, 1.82) is 0 Å². The third-order valence-electron chi connectivity index (χ3n) is 3.72. The fraction of sp³-hybridized carbons (Fsp3) is 0.824. The van der Waals surface area contributed by atoms with E-state index in [1.54, 1.807) is 7.11 Å². The number of aromatic nitrogens is 2. The van der Waals surface area contributed by atoms with Crippen LogP contribution >= 0.6 is 0 Å². The lowest BCUT2D eigenvalue weighted by Gasteiger charge is -2.26. The number of aryl methyl sites for hydroxylation is 1. The van der Waals surface area contributed by atoms with Crippen LogP contribution in [0.1, 0.15) is 59.3 Å². The summed E-state index contributed by atoms with van der Waals surface area (Å²) >= 11 is 0. The molecule has 3 nitrogen and oxygen atoms in total. The van der Waals surface area contributed by atoms with Crippen molar-refractivity contribution in [3.63, 3.8) is 0 Å². The normalized spacial score (nSPS) is 13.6. The summed E-state index contributed by atoms with van der Waals surface area (Å²) in [5.41, 5.74) is 0.426. The van der Waals surface area contributed by atoms with Crippen LogP contribution < -0.4 is 0 Å². The van der Waals surface area contributed by atoms with Gasteiger partial charge in [0.25, 0.3) is 0 Å². The van der Waals surface area contributed by atoms with Crippen molar-refractivity contribution in [3.8, 4) is 0 Å². The molecule has 1 atom stereocenters. The van der Waals surface area contributed by atoms with Crippen LogP contribution in [0.2, 0.25) is 0 Å². The minimum absolute atomic E-state index is 0.426. The number of nitrogens with zero attached hydrogens (tertiary/aromatic N) is 2. The lowest BCUT2D eigenvalue weighted by molar-refractivity contribution is 0.157. The Labute approximate surface area is 124 Å². The maximum atomic E-state index is 5.25. The molecule has 1 aromatic rings. The minimum Gasteiger partial charge on any atom is -0.385 e. The average Bonchev–Trinajstić information content (AvgIpc) is 2.86. The zero-order valence-electron chi connectivity index (χ0n) is 13.8. The number of rotatable bonds is 10. The Bertz CT molecular complexity index is 327. The molecule has 1 heterocycles. The molecule has 0 aliphatic heterocycles. The molecule has 0 bridgehead atoms. The molecule has 0 aromatic carbocycles. The third-order valence-corrected chi connectivity index (χ3v) is 3.72. The molecule has 1 aromatic heterocycles. The molecular weight excluding hydrogens is 248 g/mol. The number of ether oxygens (including phenoxy) is 1. The topological polar surface area (TPSA) is 27.1 Å². The Morgan fingerprint density at radius 3 is 2.55 bits per heavy atom. The fourth-order valence-electron chi connectivity index (χ4n) is 2.82. The lowest BCUT2D eigenvalue weighted by atomic mass is 9.81. The summed E-state index contributed by atoms with van der Waals surface area (Å²) in [6, 6.07) is 0. The molecule has 0 saturated heterocycles. The predicted octanol–water partition coefficient (Wildman–Crippen LogP) is 4.53. The van der Waals surface area contributed by atoms with Gasteiger partial charge in [0.05, 0.1) is 6.33 Å². The van der Waals surface area contributed by atoms with E-state index in [0.717, 1.165) is 19.1 Å². The molecule has 116 valence electrons. The molecule has 0 saturated carbocycles. The Hall–Kier alpha value is -0.830. The van der Waals surface area contributed by atoms with E-state index >= 15 is 0 Å². The molecule has 20 heavy (non-hydrogen) atoms. The van der Waals surface area contributed by atoms with Crippen LogP contribution in [0, 0.1) is 11.3 Å². The van der Waals surface area contributed by atoms with Crippen LogP contribution in [0.4, 0.5) is 0 Å². The molecule has 0 aliphatic rings. The van der Waals surface area contributed by atoms with Gasteiger partial charge in [0, 0.05) is 32.7 Å². The van der Waals surface area contributed by atoms with Gasteiger partial charge in [0.2, 0.25) is 0 Å². The summed E-state index contributed by atoms with van der Waals surface area (Å²) in [5, 5.41) is 0. The molecule has 0 amide bonds. The summed E-state index contributed by atoms with van der Waals surface area (Å²) in [7, 11) is 1.80. The van der Waals surface area contributed by atoms with E-state index in [1.165, 1.54) is 38.5 Å². The molecule has 1 rings (SSSR count). The first-order chi connectivity index (χ1) is 9.51. The summed E-state index contributed by atoms with van der Waals surface area (Å²) in [4.78, 5) is 4.07. The van der Waals surface area contributed by atoms with Crippen LogP contribution in [0.15, 0.2) is 18.7 Å². The van der Waals surface area contributed by atoms with Gasteiger partial charge in [0.15, 0.2) is 0 Å². The second kappa shape index (κ2) is 9.17. The maximum absolute atomic E-state index is 5.25. The van der Waals surface area contributed by atoms with Gasteiger partial charge in [-0.1, -0.05) is 40.0 Å². The van der Waals surface area contributed by atoms with E-state index in [2.05, 4.69) is 30.3 Å². The molecule has 0 unspecified atom stereocenters. The van der Waals surface area contributed by atoms with E-state index in [1.807, 2.05) is 18.7 Å². The number of hydrogen-bond acceptors (Lipinski definition) is 2. The molecule has 0 fully saturated rings. The van der Waals surface area contributed by atoms with Gasteiger partial charge in [-0.05, 0) is 30.6 Å². The average molecular weight is 280 g/mol. The molecule has 3 heteroatoms. The van der Waals surface area contributed by atoms with Crippen LogP contribution in [-0.4, -0.2) is 23.3 Å². The highest BCUT2D eigenvalue weighted by atomic mass is 16.5. The first kappa shape index (κ1) is 17.2. The standard InChI is InChI=1S/C17H32N2O/c1-17(2,3)14-16(9-13-20-4)8-6-5-7-11-19-12-10-18-15-19/h10,12,15-16H,5-9,11,13-14H2,1-4H3/t16-/m0/s1. The summed E-state index contributed by atoms with van der Waals surface area (Å²) in [6.45, 7) is 9.02. The van der Waals surface area contributed by atoms with Gasteiger partial charge in [0.1, 0.15) is 0 Å². The van der Waals surface area contributed by atoms with E-state index in [-0.39, 0.29) is 0 Å². The first-order valence-electron chi connectivity index (χ1n) is 7.96. The van der Waals surface area contributed by atoms with Gasteiger partial charge in [-0.25, -0.2) is 4.98 Å². The van der Waals surface area contributed by atoms with Crippen LogP contribution in [-0.2, 0) is 11.3 Å². The third kappa shape index (κ3) is 8.36. The molecular formula is C17H32N2O. The number of imidazole rings is 1. The Kier molecular flexibility index (Phi) is 7.90. The van der Waals surface area contributed by atoms with Crippen LogP contribution in [0.3, 0.4) is 0 Å². The monoisotopic (exact) mass is 280 g/mol. The Morgan fingerprint density at radius 2 is 1.95 bits per heavy atom. The summed E-state index contributed by atoms with van der Waals surface area (Å²) in [6.07, 6.45) is 13.5. The van der Waals surface area contributed by atoms with Gasteiger partial charge in [-0.2, -0.15) is 0 Å². The highest BCUT2D eigenvalue weighted by Crippen LogP contribution is 2.29. The zero-order valence-corrected chi connectivity index (χ0v) is 13.8. The maximum Gasteiger partial charge on any atom is 0.0945 e. The molecule has 0 N–H and O–H groups in total. The molecule has 0 spiro atoms. The Balaban J connectivity index is 2.16. The van der Waals surface area contributed by atoms with Gasteiger partial charge >= 0.3 is 0 Å². The van der Waals surface area contributed by atoms with Crippen molar-refractivity contribution in [2.45, 2.75) is 65.8 Å². The van der Waals surface area contributed by atoms with Crippen molar-refractivity contribution in [2.75, 3.05) is 13.7 Å². The quantitative estimate of drug-likeness (QED) is 0.589. The molecule has 0 aliphatic carbocycles. The van der Waals surface area contributed by atoms with Crippen LogP contribution in [0.25, 0.3) is 0 Å². The van der Waals surface area contributed by atoms with Gasteiger partial charge < -0.3 is 9.30 Å². The lowest BCUT2D eigenvalue weighted by Crippen LogP contribution is -2.15. The zero-order chi connectivity index (χ0) is 14.8. The predicted molar refractivity (Wildman–Crippen MR) is 84.8 cm³/mol. The van der Waals surface area contributed by atoms with Crippen molar-refractivity contribution in [1.82, 2.24) is 9.55 Å². The molecule has 0 radical (unpaired) electrons. The minimum atomic E-state index is 0.426. The first-order valence-corrected chi connectivity index (χ1v) is 7.96. The number of unbranched alkanes of at least 4 members (excludes halogenated alkanes) is 2. The van der Waals surface area contributed by atoms with Crippen molar-refractivity contribution in [2.24, 2.45) is 11.3 Å². The van der Waals surface area contributed by atoms with Crippen molar-refractivity contribution < 1.29 is 4.74 Å². The van der Waals surface area contributed by atoms with Gasteiger partial charge in [-0.3, -0.25) is 0 Å².